The normalized spacial score (nSPS) is 15.5. The predicted octanol–water partition coefficient (Wildman–Crippen LogP) is 0.910. The van der Waals surface area contributed by atoms with Crippen molar-refractivity contribution in [3.8, 4) is 5.75 Å². The molecule has 0 saturated carbocycles. The summed E-state index contributed by atoms with van der Waals surface area (Å²) in [4.78, 5) is 16.6. The topological polar surface area (TPSA) is 61.5 Å². The minimum absolute atomic E-state index is 0.199. The summed E-state index contributed by atoms with van der Waals surface area (Å²) in [5.41, 5.74) is 3.05. The third-order valence-electron chi connectivity index (χ3n) is 4.47. The van der Waals surface area contributed by atoms with Crippen LogP contribution in [0.1, 0.15) is 11.1 Å². The van der Waals surface area contributed by atoms with E-state index in [9.17, 15) is 4.79 Å². The monoisotopic (exact) mass is 346 g/mol. The average molecular weight is 346 g/mol. The SMILES string of the molecule is COc1cn[nH]c(=O)c1N1CCN(Cc2ccc(P)cc2C)CC1. The molecular weight excluding hydrogens is 323 g/mol. The van der Waals surface area contributed by atoms with Crippen LogP contribution in [0.15, 0.2) is 29.2 Å². The number of piperazine rings is 1. The van der Waals surface area contributed by atoms with Crippen LogP contribution in [-0.4, -0.2) is 48.4 Å². The second-order valence-corrected chi connectivity index (χ2v) is 6.73. The molecule has 6 nitrogen and oxygen atoms in total. The number of aromatic amines is 1. The molecule has 7 heteroatoms. The lowest BCUT2D eigenvalue weighted by atomic mass is 10.1. The summed E-state index contributed by atoms with van der Waals surface area (Å²) in [5, 5.41) is 7.50. The zero-order valence-corrected chi connectivity index (χ0v) is 15.2. The van der Waals surface area contributed by atoms with E-state index in [1.165, 1.54) is 16.4 Å². The van der Waals surface area contributed by atoms with Gasteiger partial charge in [0.25, 0.3) is 5.56 Å². The van der Waals surface area contributed by atoms with Crippen LogP contribution in [0.2, 0.25) is 0 Å². The van der Waals surface area contributed by atoms with Gasteiger partial charge in [-0.05, 0) is 23.4 Å². The van der Waals surface area contributed by atoms with Crippen LogP contribution in [0.3, 0.4) is 0 Å². The quantitative estimate of drug-likeness (QED) is 0.834. The fourth-order valence-corrected chi connectivity index (χ4v) is 3.44. The van der Waals surface area contributed by atoms with Crippen molar-refractivity contribution in [2.24, 2.45) is 0 Å². The predicted molar refractivity (Wildman–Crippen MR) is 99.4 cm³/mol. The number of hydrogen-bond donors (Lipinski definition) is 1. The van der Waals surface area contributed by atoms with Crippen LogP contribution in [0.5, 0.6) is 5.75 Å². The first kappa shape index (κ1) is 16.9. The van der Waals surface area contributed by atoms with Gasteiger partial charge in [-0.3, -0.25) is 9.69 Å². The third kappa shape index (κ3) is 3.60. The van der Waals surface area contributed by atoms with E-state index in [4.69, 9.17) is 4.74 Å². The van der Waals surface area contributed by atoms with Gasteiger partial charge in [0, 0.05) is 32.7 Å². The van der Waals surface area contributed by atoms with Crippen molar-refractivity contribution in [3.63, 3.8) is 0 Å². The van der Waals surface area contributed by atoms with Gasteiger partial charge in [-0.2, -0.15) is 5.10 Å². The molecular formula is C17H23N4O2P. The summed E-state index contributed by atoms with van der Waals surface area (Å²) in [5.74, 6) is 0.527. The van der Waals surface area contributed by atoms with Gasteiger partial charge in [0.2, 0.25) is 0 Å². The molecule has 3 rings (SSSR count). The summed E-state index contributed by atoms with van der Waals surface area (Å²) in [6, 6.07) is 6.52. The number of anilines is 1. The molecule has 1 fully saturated rings. The number of H-pyrrole nitrogens is 1. The molecule has 2 heterocycles. The summed E-state index contributed by atoms with van der Waals surface area (Å²) in [7, 11) is 4.30. The molecule has 0 bridgehead atoms. The van der Waals surface area contributed by atoms with E-state index in [1.54, 1.807) is 13.3 Å². The number of benzene rings is 1. The smallest absolute Gasteiger partial charge is 0.291 e. The van der Waals surface area contributed by atoms with Gasteiger partial charge >= 0.3 is 0 Å². The molecule has 1 aromatic carbocycles. The van der Waals surface area contributed by atoms with Crippen molar-refractivity contribution in [2.45, 2.75) is 13.5 Å². The summed E-state index contributed by atoms with van der Waals surface area (Å²) in [6.07, 6.45) is 1.55. The number of ether oxygens (including phenoxy) is 1. The number of aromatic nitrogens is 2. The van der Waals surface area contributed by atoms with E-state index in [2.05, 4.69) is 54.4 Å². The van der Waals surface area contributed by atoms with Gasteiger partial charge in [0.05, 0.1) is 13.3 Å². The van der Waals surface area contributed by atoms with Gasteiger partial charge in [-0.1, -0.05) is 18.2 Å². The Morgan fingerprint density at radius 2 is 2.04 bits per heavy atom. The standard InChI is InChI=1S/C17H23N4O2P/c1-12-9-14(24)4-3-13(12)11-20-5-7-21(8-6-20)16-15(23-2)10-18-19-17(16)22/h3-4,9-10H,5-8,11,24H2,1-2H3,(H,19,22). The van der Waals surface area contributed by atoms with Crippen LogP contribution >= 0.6 is 9.24 Å². The van der Waals surface area contributed by atoms with Crippen molar-refractivity contribution in [1.29, 1.82) is 0 Å². The molecule has 0 radical (unpaired) electrons. The van der Waals surface area contributed by atoms with Gasteiger partial charge < -0.3 is 9.64 Å². The molecule has 128 valence electrons. The van der Waals surface area contributed by atoms with Gasteiger partial charge in [-0.25, -0.2) is 5.10 Å². The summed E-state index contributed by atoms with van der Waals surface area (Å²) < 4.78 is 5.29. The Morgan fingerprint density at radius 3 is 2.71 bits per heavy atom. The maximum absolute atomic E-state index is 12.1. The molecule has 24 heavy (non-hydrogen) atoms. The number of hydrogen-bond acceptors (Lipinski definition) is 5. The third-order valence-corrected chi connectivity index (χ3v) is 4.82. The van der Waals surface area contributed by atoms with Crippen LogP contribution < -0.4 is 20.5 Å². The van der Waals surface area contributed by atoms with Crippen LogP contribution in [-0.2, 0) is 6.54 Å². The highest BCUT2D eigenvalue weighted by Crippen LogP contribution is 2.23. The van der Waals surface area contributed by atoms with E-state index in [0.717, 1.165) is 32.7 Å². The average Bonchev–Trinajstić information content (AvgIpc) is 2.58. The highest BCUT2D eigenvalue weighted by molar-refractivity contribution is 7.27. The van der Waals surface area contributed by atoms with E-state index in [0.29, 0.717) is 11.4 Å². The minimum atomic E-state index is -0.199. The second-order valence-electron chi connectivity index (χ2n) is 6.07. The number of aryl methyl sites for hydroxylation is 1. The Kier molecular flexibility index (Phi) is 5.17. The molecule has 0 spiro atoms. The van der Waals surface area contributed by atoms with Crippen molar-refractivity contribution < 1.29 is 4.74 Å². The highest BCUT2D eigenvalue weighted by atomic mass is 31.0. The maximum atomic E-state index is 12.1. The van der Waals surface area contributed by atoms with Gasteiger partial charge in [-0.15, -0.1) is 9.24 Å². The lowest BCUT2D eigenvalue weighted by Gasteiger charge is -2.36. The van der Waals surface area contributed by atoms with E-state index < -0.39 is 0 Å². The fourth-order valence-electron chi connectivity index (χ4n) is 3.09. The molecule has 1 unspecified atom stereocenters. The Hall–Kier alpha value is -1.91. The van der Waals surface area contributed by atoms with Crippen molar-refractivity contribution in [1.82, 2.24) is 15.1 Å². The van der Waals surface area contributed by atoms with Crippen LogP contribution in [0.4, 0.5) is 5.69 Å². The van der Waals surface area contributed by atoms with Crippen molar-refractivity contribution >= 4 is 20.2 Å². The van der Waals surface area contributed by atoms with Crippen molar-refractivity contribution in [3.05, 3.63) is 45.9 Å². The Labute approximate surface area is 144 Å². The molecule has 1 saturated heterocycles. The first-order chi connectivity index (χ1) is 11.6. The first-order valence-electron chi connectivity index (χ1n) is 8.02. The minimum Gasteiger partial charge on any atom is -0.493 e. The van der Waals surface area contributed by atoms with E-state index in [1.807, 2.05) is 0 Å². The lowest BCUT2D eigenvalue weighted by molar-refractivity contribution is 0.248. The van der Waals surface area contributed by atoms with Gasteiger partial charge in [0.15, 0.2) is 5.75 Å². The number of nitrogens with one attached hydrogen (secondary N) is 1. The first-order valence-corrected chi connectivity index (χ1v) is 8.60. The molecule has 0 amide bonds. The number of rotatable bonds is 4. The Morgan fingerprint density at radius 1 is 1.29 bits per heavy atom. The zero-order chi connectivity index (χ0) is 17.1. The maximum Gasteiger partial charge on any atom is 0.291 e. The van der Waals surface area contributed by atoms with Gasteiger partial charge in [0.1, 0.15) is 5.69 Å². The molecule has 1 atom stereocenters. The zero-order valence-electron chi connectivity index (χ0n) is 14.1. The molecule has 1 aliphatic heterocycles. The number of methoxy groups -OCH3 is 1. The molecule has 1 N–H and O–H groups in total. The van der Waals surface area contributed by atoms with Crippen LogP contribution in [0, 0.1) is 6.92 Å². The summed E-state index contributed by atoms with van der Waals surface area (Å²) in [6.45, 7) is 6.50. The lowest BCUT2D eigenvalue weighted by Crippen LogP contribution is -2.47. The Bertz CT molecular complexity index is 769. The van der Waals surface area contributed by atoms with Crippen LogP contribution in [0.25, 0.3) is 0 Å². The largest absolute Gasteiger partial charge is 0.493 e. The van der Waals surface area contributed by atoms with Crippen molar-refractivity contribution in [2.75, 3.05) is 38.2 Å². The van der Waals surface area contributed by atoms with E-state index >= 15 is 0 Å². The molecule has 1 aliphatic rings. The fraction of sp³-hybridized carbons (Fsp3) is 0.412. The second kappa shape index (κ2) is 7.32. The summed E-state index contributed by atoms with van der Waals surface area (Å²) >= 11 is 0. The molecule has 2 aromatic rings. The van der Waals surface area contributed by atoms with E-state index in [-0.39, 0.29) is 5.56 Å². The highest BCUT2D eigenvalue weighted by Gasteiger charge is 2.22. The number of nitrogens with zero attached hydrogens (tertiary/aromatic N) is 3. The molecule has 1 aromatic heterocycles. The Balaban J connectivity index is 1.67. The molecule has 0 aliphatic carbocycles.